The summed E-state index contributed by atoms with van der Waals surface area (Å²) < 4.78 is 13.2. The van der Waals surface area contributed by atoms with E-state index < -0.39 is 0 Å². The molecule has 4 nitrogen and oxygen atoms in total. The van der Waals surface area contributed by atoms with Crippen molar-refractivity contribution < 1.29 is 19.2 Å². The van der Waals surface area contributed by atoms with Crippen LogP contribution in [0.2, 0.25) is 0 Å². The second-order valence-electron chi connectivity index (χ2n) is 8.81. The Hall–Kier alpha value is -1.26. The summed E-state index contributed by atoms with van der Waals surface area (Å²) in [6, 6.07) is 0. The summed E-state index contributed by atoms with van der Waals surface area (Å²) in [6.45, 7) is 11.7. The van der Waals surface area contributed by atoms with Crippen LogP contribution in [0.4, 0.5) is 0 Å². The third-order valence-corrected chi connectivity index (χ3v) is 6.49. The van der Waals surface area contributed by atoms with Gasteiger partial charge in [-0.2, -0.15) is 0 Å². The van der Waals surface area contributed by atoms with Gasteiger partial charge in [0.1, 0.15) is 22.7 Å². The highest BCUT2D eigenvalue weighted by molar-refractivity contribution is 5.60. The molecule has 2 heterocycles. The first-order chi connectivity index (χ1) is 12.8. The summed E-state index contributed by atoms with van der Waals surface area (Å²) in [5, 5.41) is 0. The smallest absolute Gasteiger partial charge is 0.127 e. The van der Waals surface area contributed by atoms with Crippen molar-refractivity contribution in [1.29, 1.82) is 0 Å². The van der Waals surface area contributed by atoms with Crippen LogP contribution in [-0.2, 0) is 22.6 Å². The van der Waals surface area contributed by atoms with Gasteiger partial charge in [0.25, 0.3) is 0 Å². The maximum absolute atomic E-state index is 6.62. The molecule has 2 aliphatic heterocycles. The van der Waals surface area contributed by atoms with Gasteiger partial charge < -0.3 is 9.47 Å². The van der Waals surface area contributed by atoms with Crippen LogP contribution < -0.4 is 9.47 Å². The number of hydrogen-bond acceptors (Lipinski definition) is 4. The first-order valence-corrected chi connectivity index (χ1v) is 10.5. The fourth-order valence-corrected chi connectivity index (χ4v) is 4.72. The zero-order chi connectivity index (χ0) is 19.7. The van der Waals surface area contributed by atoms with E-state index in [-0.39, 0.29) is 11.2 Å². The van der Waals surface area contributed by atoms with Gasteiger partial charge in [-0.05, 0) is 83.8 Å². The summed E-state index contributed by atoms with van der Waals surface area (Å²) in [5.41, 5.74) is 5.10. The van der Waals surface area contributed by atoms with Crippen LogP contribution in [0.15, 0.2) is 0 Å². The fraction of sp³-hybridized carbons (Fsp3) is 0.739. The number of rotatable bonds is 7. The lowest BCUT2D eigenvalue weighted by molar-refractivity contribution is -0.273. The summed E-state index contributed by atoms with van der Waals surface area (Å²) in [6.07, 6.45) is 8.45. The number of fused-ring (bicyclic) bond motifs is 3. The maximum Gasteiger partial charge on any atom is 0.127 e. The molecular weight excluding hydrogens is 340 g/mol. The Morgan fingerprint density at radius 3 is 1.89 bits per heavy atom. The Labute approximate surface area is 164 Å². The van der Waals surface area contributed by atoms with E-state index in [2.05, 4.69) is 34.6 Å². The molecule has 0 saturated carbocycles. The maximum atomic E-state index is 6.62. The Morgan fingerprint density at radius 1 is 0.889 bits per heavy atom. The minimum atomic E-state index is -0.137. The molecule has 2 aliphatic rings. The van der Waals surface area contributed by atoms with Crippen LogP contribution >= 0.6 is 0 Å². The van der Waals surface area contributed by atoms with E-state index in [4.69, 9.17) is 19.2 Å². The van der Waals surface area contributed by atoms with Gasteiger partial charge >= 0.3 is 0 Å². The lowest BCUT2D eigenvalue weighted by Crippen LogP contribution is -2.40. The Balaban J connectivity index is 1.86. The van der Waals surface area contributed by atoms with Crippen molar-refractivity contribution in [2.75, 3.05) is 13.7 Å². The molecular formula is C23H36O4. The third kappa shape index (κ3) is 4.12. The van der Waals surface area contributed by atoms with E-state index in [1.165, 1.54) is 22.3 Å². The van der Waals surface area contributed by atoms with Crippen molar-refractivity contribution >= 4 is 0 Å². The molecule has 1 aromatic carbocycles. The molecule has 1 aromatic rings. The predicted molar refractivity (Wildman–Crippen MR) is 108 cm³/mol. The highest BCUT2D eigenvalue weighted by Crippen LogP contribution is 2.49. The third-order valence-electron chi connectivity index (χ3n) is 6.49. The first-order valence-electron chi connectivity index (χ1n) is 10.5. The number of hydrogen-bond donors (Lipinski definition) is 0. The number of benzene rings is 1. The highest BCUT2D eigenvalue weighted by atomic mass is 17.2. The van der Waals surface area contributed by atoms with Crippen LogP contribution in [0.25, 0.3) is 0 Å². The molecule has 0 radical (unpaired) electrons. The summed E-state index contributed by atoms with van der Waals surface area (Å²) >= 11 is 0. The minimum Gasteiger partial charge on any atom is -0.487 e. The van der Waals surface area contributed by atoms with Crippen LogP contribution in [0.3, 0.4) is 0 Å². The molecule has 0 N–H and O–H groups in total. The molecule has 0 amide bonds. The van der Waals surface area contributed by atoms with Crippen molar-refractivity contribution in [3.8, 4) is 11.5 Å². The second-order valence-corrected chi connectivity index (χ2v) is 8.81. The molecule has 3 rings (SSSR count). The standard InChI is InChI=1S/C23H36O4/c1-7-11-22(4)13-9-18-19-10-14-23(5,12-8-15-25-24-6)27-21(19)17(3)16(2)20(18)26-22/h7-15H2,1-6H3. The number of ether oxygens (including phenoxy) is 2. The van der Waals surface area contributed by atoms with Gasteiger partial charge in [0.05, 0.1) is 13.7 Å². The summed E-state index contributed by atoms with van der Waals surface area (Å²) in [7, 11) is 1.55. The molecule has 0 saturated heterocycles. The molecule has 27 heavy (non-hydrogen) atoms. The van der Waals surface area contributed by atoms with Crippen LogP contribution in [0, 0.1) is 13.8 Å². The van der Waals surface area contributed by atoms with Crippen LogP contribution in [0.1, 0.15) is 81.5 Å². The Morgan fingerprint density at radius 2 is 1.41 bits per heavy atom. The van der Waals surface area contributed by atoms with Crippen molar-refractivity contribution in [2.24, 2.45) is 0 Å². The summed E-state index contributed by atoms with van der Waals surface area (Å²) in [4.78, 5) is 9.72. The van der Waals surface area contributed by atoms with Crippen molar-refractivity contribution in [3.63, 3.8) is 0 Å². The molecule has 4 heteroatoms. The van der Waals surface area contributed by atoms with Gasteiger partial charge in [-0.25, -0.2) is 9.78 Å². The molecule has 0 fully saturated rings. The normalized spacial score (nSPS) is 26.7. The average Bonchev–Trinajstić information content (AvgIpc) is 2.64. The lowest BCUT2D eigenvalue weighted by Gasteiger charge is -2.42. The Kier molecular flexibility index (Phi) is 6.07. The van der Waals surface area contributed by atoms with E-state index in [1.807, 2.05) is 0 Å². The van der Waals surface area contributed by atoms with E-state index in [9.17, 15) is 0 Å². The largest absolute Gasteiger partial charge is 0.487 e. The van der Waals surface area contributed by atoms with Crippen LogP contribution in [-0.4, -0.2) is 24.9 Å². The summed E-state index contributed by atoms with van der Waals surface area (Å²) in [5.74, 6) is 2.24. The topological polar surface area (TPSA) is 36.9 Å². The van der Waals surface area contributed by atoms with Crippen molar-refractivity contribution in [3.05, 3.63) is 22.3 Å². The second kappa shape index (κ2) is 8.00. The van der Waals surface area contributed by atoms with E-state index >= 15 is 0 Å². The van der Waals surface area contributed by atoms with Gasteiger partial charge in [0, 0.05) is 11.1 Å². The lowest BCUT2D eigenvalue weighted by atomic mass is 9.80. The molecule has 0 bridgehead atoms. The molecule has 2 unspecified atom stereocenters. The highest BCUT2D eigenvalue weighted by Gasteiger charge is 2.39. The monoisotopic (exact) mass is 376 g/mol. The van der Waals surface area contributed by atoms with E-state index in [1.54, 1.807) is 7.11 Å². The van der Waals surface area contributed by atoms with Gasteiger partial charge in [0.15, 0.2) is 0 Å². The molecule has 0 spiro atoms. The zero-order valence-electron chi connectivity index (χ0n) is 18.0. The van der Waals surface area contributed by atoms with Gasteiger partial charge in [-0.1, -0.05) is 13.3 Å². The fourth-order valence-electron chi connectivity index (χ4n) is 4.72. The van der Waals surface area contributed by atoms with Gasteiger partial charge in [-0.15, -0.1) is 0 Å². The Bertz CT molecular complexity index is 684. The quantitative estimate of drug-likeness (QED) is 0.351. The molecule has 2 atom stereocenters. The molecule has 152 valence electrons. The first kappa shape index (κ1) is 20.5. The molecule has 0 aliphatic carbocycles. The molecule has 0 aromatic heterocycles. The van der Waals surface area contributed by atoms with Crippen LogP contribution in [0.5, 0.6) is 11.5 Å². The van der Waals surface area contributed by atoms with Gasteiger partial charge in [-0.3, -0.25) is 0 Å². The van der Waals surface area contributed by atoms with Crippen molar-refractivity contribution in [1.82, 2.24) is 0 Å². The zero-order valence-corrected chi connectivity index (χ0v) is 18.0. The SMILES string of the molecule is CCCC1(C)CCc2c3c(c(C)c(C)c2O1)OC(C)(CCCOOC)CC3. The van der Waals surface area contributed by atoms with E-state index in [0.29, 0.717) is 6.61 Å². The van der Waals surface area contributed by atoms with Crippen molar-refractivity contribution in [2.45, 2.75) is 97.2 Å². The minimum absolute atomic E-state index is 0.0292. The predicted octanol–water partition coefficient (Wildman–Crippen LogP) is 5.63. The van der Waals surface area contributed by atoms with E-state index in [0.717, 1.165) is 62.9 Å². The van der Waals surface area contributed by atoms with Gasteiger partial charge in [0.2, 0.25) is 0 Å². The average molecular weight is 377 g/mol.